The lowest BCUT2D eigenvalue weighted by molar-refractivity contribution is -0.133. The number of fused-ring (bicyclic) bond motifs is 1. The topological polar surface area (TPSA) is 81.6 Å². The summed E-state index contributed by atoms with van der Waals surface area (Å²) in [5, 5.41) is 14.2. The monoisotopic (exact) mass is 573 g/mol. The molecule has 2 aliphatic heterocycles. The van der Waals surface area contributed by atoms with Gasteiger partial charge in [-0.15, -0.1) is 24.8 Å². The molecule has 5 rings (SSSR count). The van der Waals surface area contributed by atoms with E-state index in [0.29, 0.717) is 48.9 Å². The molecule has 2 saturated heterocycles. The van der Waals surface area contributed by atoms with Crippen molar-refractivity contribution in [1.82, 2.24) is 20.2 Å². The molecule has 0 radical (unpaired) electrons. The zero-order valence-corrected chi connectivity index (χ0v) is 23.7. The maximum Gasteiger partial charge on any atom is 0.231 e. The first-order valence-corrected chi connectivity index (χ1v) is 12.8. The predicted octanol–water partition coefficient (Wildman–Crippen LogP) is 4.62. The fraction of sp³-hybridized carbons (Fsp3) is 0.577. The normalized spacial score (nSPS) is 25.2. The molecular formula is C26H35Cl3FN5O2. The second-order valence-electron chi connectivity index (χ2n) is 10.8. The van der Waals surface area contributed by atoms with Gasteiger partial charge in [-0.3, -0.25) is 4.79 Å². The molecule has 0 spiro atoms. The molecule has 1 aliphatic carbocycles. The first-order chi connectivity index (χ1) is 16.6. The maximum atomic E-state index is 15.0. The standard InChI is InChI=1S/C26H33ClFN5O2.2ClH/c1-15-12-20(34)23-21(15)24(30-14-29-23)32-8-10-33(11-9-32)25(35)22(19-6-7-26(2,3)31-19)17-5-4-16(27)13-18(17)28;;/h4-5,13-15,19-20,22,31,34H,6-12H2,1-3H3;2*1H/t15-,19+,20-,22+;;/m1../s1. The van der Waals surface area contributed by atoms with Crippen molar-refractivity contribution in [1.29, 1.82) is 0 Å². The van der Waals surface area contributed by atoms with Gasteiger partial charge in [0.25, 0.3) is 0 Å². The van der Waals surface area contributed by atoms with Crippen molar-refractivity contribution in [2.75, 3.05) is 31.1 Å². The Bertz CT molecular complexity index is 1130. The molecule has 3 heterocycles. The smallest absolute Gasteiger partial charge is 0.231 e. The molecule has 0 saturated carbocycles. The summed E-state index contributed by atoms with van der Waals surface area (Å²) in [5.41, 5.74) is 2.03. The Balaban J connectivity index is 0.00000190. The van der Waals surface area contributed by atoms with Crippen molar-refractivity contribution in [3.63, 3.8) is 0 Å². The molecule has 37 heavy (non-hydrogen) atoms. The van der Waals surface area contributed by atoms with Gasteiger partial charge in [0, 0.05) is 53.9 Å². The maximum absolute atomic E-state index is 15.0. The van der Waals surface area contributed by atoms with E-state index in [0.717, 1.165) is 24.2 Å². The number of aromatic nitrogens is 2. The number of carbonyl (C=O) groups is 1. The van der Waals surface area contributed by atoms with Crippen LogP contribution in [0.15, 0.2) is 24.5 Å². The minimum absolute atomic E-state index is 0. The van der Waals surface area contributed by atoms with Gasteiger partial charge in [0.15, 0.2) is 0 Å². The number of aliphatic hydroxyl groups excluding tert-OH is 1. The lowest BCUT2D eigenvalue weighted by Gasteiger charge is -2.39. The Morgan fingerprint density at radius 3 is 2.54 bits per heavy atom. The quantitative estimate of drug-likeness (QED) is 0.555. The molecule has 2 aromatic rings. The number of nitrogens with zero attached hydrogens (tertiary/aromatic N) is 4. The van der Waals surface area contributed by atoms with Crippen molar-refractivity contribution in [3.05, 3.63) is 52.2 Å². The van der Waals surface area contributed by atoms with Crippen LogP contribution < -0.4 is 10.2 Å². The zero-order valence-electron chi connectivity index (χ0n) is 21.3. The number of amides is 1. The van der Waals surface area contributed by atoms with Crippen LogP contribution in [0, 0.1) is 5.82 Å². The van der Waals surface area contributed by atoms with E-state index >= 15 is 4.39 Å². The number of nitrogens with one attached hydrogen (secondary N) is 1. The SMILES string of the molecule is C[C@@H]1C[C@@H](O)c2ncnc(N3CCN(C(=O)[C@@H](c4ccc(Cl)cc4F)[C@@H]4CCC(C)(C)N4)CC3)c21.Cl.Cl. The van der Waals surface area contributed by atoms with E-state index in [1.54, 1.807) is 12.1 Å². The highest BCUT2D eigenvalue weighted by Gasteiger charge is 2.42. The predicted molar refractivity (Wildman–Crippen MR) is 148 cm³/mol. The molecule has 204 valence electrons. The Morgan fingerprint density at radius 1 is 1.22 bits per heavy atom. The second-order valence-corrected chi connectivity index (χ2v) is 11.2. The molecule has 0 bridgehead atoms. The summed E-state index contributed by atoms with van der Waals surface area (Å²) in [6.07, 6.45) is 3.34. The fourth-order valence-corrected chi connectivity index (χ4v) is 6.14. The molecule has 0 unspecified atom stereocenters. The molecule has 2 N–H and O–H groups in total. The van der Waals surface area contributed by atoms with Crippen LogP contribution in [0.5, 0.6) is 0 Å². The van der Waals surface area contributed by atoms with Crippen LogP contribution in [0.4, 0.5) is 10.2 Å². The third kappa shape index (κ3) is 5.83. The molecule has 7 nitrogen and oxygen atoms in total. The molecule has 3 aliphatic rings. The van der Waals surface area contributed by atoms with E-state index < -0.39 is 17.8 Å². The molecule has 2 fully saturated rings. The molecule has 4 atom stereocenters. The molecule has 1 aromatic carbocycles. The summed E-state index contributed by atoms with van der Waals surface area (Å²) in [6, 6.07) is 4.46. The van der Waals surface area contributed by atoms with Gasteiger partial charge in [-0.25, -0.2) is 14.4 Å². The Kier molecular flexibility index (Phi) is 9.34. The highest BCUT2D eigenvalue weighted by molar-refractivity contribution is 6.30. The number of benzene rings is 1. The van der Waals surface area contributed by atoms with Gasteiger partial charge in [-0.05, 0) is 51.2 Å². The van der Waals surface area contributed by atoms with Gasteiger partial charge < -0.3 is 20.2 Å². The number of halogens is 4. The Labute approximate surface area is 235 Å². The number of hydrogen-bond donors (Lipinski definition) is 2. The van der Waals surface area contributed by atoms with Gasteiger partial charge in [0.1, 0.15) is 18.0 Å². The number of rotatable bonds is 4. The van der Waals surface area contributed by atoms with Crippen LogP contribution in [-0.2, 0) is 4.79 Å². The van der Waals surface area contributed by atoms with Crippen molar-refractivity contribution in [2.45, 2.75) is 69.6 Å². The van der Waals surface area contributed by atoms with Crippen molar-refractivity contribution >= 4 is 48.1 Å². The Hall–Kier alpha value is -1.71. The molecular weight excluding hydrogens is 540 g/mol. The largest absolute Gasteiger partial charge is 0.387 e. The molecule has 1 amide bonds. The fourth-order valence-electron chi connectivity index (χ4n) is 5.98. The first-order valence-electron chi connectivity index (χ1n) is 12.4. The number of aliphatic hydroxyl groups is 1. The molecule has 1 aromatic heterocycles. The van der Waals surface area contributed by atoms with Crippen LogP contribution in [0.25, 0.3) is 0 Å². The van der Waals surface area contributed by atoms with E-state index in [4.69, 9.17) is 11.6 Å². The van der Waals surface area contributed by atoms with Gasteiger partial charge in [0.05, 0.1) is 17.7 Å². The average Bonchev–Trinajstić information content (AvgIpc) is 3.33. The summed E-state index contributed by atoms with van der Waals surface area (Å²) < 4.78 is 15.0. The summed E-state index contributed by atoms with van der Waals surface area (Å²) in [7, 11) is 0. The number of carbonyl (C=O) groups excluding carboxylic acids is 1. The van der Waals surface area contributed by atoms with Crippen LogP contribution in [0.1, 0.15) is 74.8 Å². The van der Waals surface area contributed by atoms with Crippen LogP contribution in [0.2, 0.25) is 5.02 Å². The van der Waals surface area contributed by atoms with E-state index in [2.05, 4.69) is 41.0 Å². The van der Waals surface area contributed by atoms with Gasteiger partial charge in [0.2, 0.25) is 5.91 Å². The highest BCUT2D eigenvalue weighted by atomic mass is 35.5. The number of hydrogen-bond acceptors (Lipinski definition) is 6. The van der Waals surface area contributed by atoms with Crippen molar-refractivity contribution in [3.8, 4) is 0 Å². The zero-order chi connectivity index (χ0) is 24.9. The lowest BCUT2D eigenvalue weighted by Crippen LogP contribution is -2.53. The Morgan fingerprint density at radius 2 is 1.92 bits per heavy atom. The summed E-state index contributed by atoms with van der Waals surface area (Å²) >= 11 is 6.01. The summed E-state index contributed by atoms with van der Waals surface area (Å²) in [5.74, 6) is -0.0718. The minimum atomic E-state index is -0.612. The van der Waals surface area contributed by atoms with Gasteiger partial charge in [-0.1, -0.05) is 24.6 Å². The first kappa shape index (κ1) is 29.8. The van der Waals surface area contributed by atoms with Crippen LogP contribution >= 0.6 is 36.4 Å². The number of anilines is 1. The second kappa shape index (κ2) is 11.6. The minimum Gasteiger partial charge on any atom is -0.387 e. The van der Waals surface area contributed by atoms with Crippen LogP contribution in [-0.4, -0.2) is 63.6 Å². The highest BCUT2D eigenvalue weighted by Crippen LogP contribution is 2.43. The third-order valence-corrected chi connectivity index (χ3v) is 8.03. The molecule has 11 heteroatoms. The van der Waals surface area contributed by atoms with Gasteiger partial charge in [-0.2, -0.15) is 0 Å². The average molecular weight is 575 g/mol. The summed E-state index contributed by atoms with van der Waals surface area (Å²) in [4.78, 5) is 26.7. The lowest BCUT2D eigenvalue weighted by atomic mass is 9.88. The van der Waals surface area contributed by atoms with E-state index in [1.165, 1.54) is 12.4 Å². The van der Waals surface area contributed by atoms with E-state index in [1.807, 2.05) is 4.90 Å². The summed E-state index contributed by atoms with van der Waals surface area (Å²) in [6.45, 7) is 8.61. The van der Waals surface area contributed by atoms with Crippen LogP contribution in [0.3, 0.4) is 0 Å². The van der Waals surface area contributed by atoms with Gasteiger partial charge >= 0.3 is 0 Å². The van der Waals surface area contributed by atoms with E-state index in [9.17, 15) is 9.90 Å². The van der Waals surface area contributed by atoms with Crippen molar-refractivity contribution < 1.29 is 14.3 Å². The van der Waals surface area contributed by atoms with Crippen molar-refractivity contribution in [2.24, 2.45) is 0 Å². The van der Waals surface area contributed by atoms with E-state index in [-0.39, 0.29) is 48.2 Å². The number of piperazine rings is 1. The third-order valence-electron chi connectivity index (χ3n) is 7.79.